The van der Waals surface area contributed by atoms with Gasteiger partial charge in [-0.3, -0.25) is 9.78 Å². The second-order valence-electron chi connectivity index (χ2n) is 8.46. The van der Waals surface area contributed by atoms with Gasteiger partial charge < -0.3 is 26.2 Å². The lowest BCUT2D eigenvalue weighted by Gasteiger charge is -2.36. The molecule has 1 aliphatic carbocycles. The van der Waals surface area contributed by atoms with Crippen molar-refractivity contribution >= 4 is 11.6 Å². The van der Waals surface area contributed by atoms with Gasteiger partial charge in [-0.1, -0.05) is 0 Å². The molecule has 2 heterocycles. The van der Waals surface area contributed by atoms with Crippen molar-refractivity contribution < 1.29 is 19.0 Å². The topological polar surface area (TPSA) is 110 Å². The first kappa shape index (κ1) is 21.0. The average molecular weight is 394 g/mol. The molecular weight excluding hydrogens is 363 g/mol. The fraction of sp³-hybridized carbons (Fsp3) is 0.700. The third-order valence-electron chi connectivity index (χ3n) is 5.61. The van der Waals surface area contributed by atoms with E-state index in [-0.39, 0.29) is 23.7 Å². The van der Waals surface area contributed by atoms with E-state index in [1.807, 2.05) is 0 Å². The zero-order chi connectivity index (χ0) is 20.3. The van der Waals surface area contributed by atoms with Crippen LogP contribution in [0.5, 0.6) is 0 Å². The van der Waals surface area contributed by atoms with Crippen LogP contribution in [0.15, 0.2) is 12.3 Å². The van der Waals surface area contributed by atoms with E-state index in [2.05, 4.69) is 15.6 Å². The number of halogens is 1. The van der Waals surface area contributed by atoms with Crippen LogP contribution in [-0.2, 0) is 11.2 Å². The number of nitrogens with one attached hydrogen (secondary N) is 2. The number of aliphatic hydroxyl groups is 1. The van der Waals surface area contributed by atoms with Gasteiger partial charge in [-0.15, -0.1) is 0 Å². The number of primary amides is 1. The molecule has 0 radical (unpaired) electrons. The van der Waals surface area contributed by atoms with Gasteiger partial charge in [0.1, 0.15) is 6.17 Å². The Morgan fingerprint density at radius 2 is 1.96 bits per heavy atom. The number of ether oxygens (including phenoxy) is 1. The minimum atomic E-state index is -1.55. The predicted molar refractivity (Wildman–Crippen MR) is 105 cm³/mol. The Hall–Kier alpha value is -1.77. The van der Waals surface area contributed by atoms with Gasteiger partial charge in [-0.2, -0.15) is 0 Å². The van der Waals surface area contributed by atoms with Crippen LogP contribution in [0.2, 0.25) is 0 Å². The Bertz CT molecular complexity index is 683. The molecule has 156 valence electrons. The maximum absolute atomic E-state index is 14.3. The van der Waals surface area contributed by atoms with Crippen molar-refractivity contribution in [1.82, 2.24) is 10.3 Å². The Kier molecular flexibility index (Phi) is 6.52. The van der Waals surface area contributed by atoms with Crippen molar-refractivity contribution in [1.29, 1.82) is 0 Å². The molecule has 7 nitrogen and oxygen atoms in total. The Balaban J connectivity index is 1.65. The monoisotopic (exact) mass is 394 g/mol. The summed E-state index contributed by atoms with van der Waals surface area (Å²) in [7, 11) is 0. The number of carbonyl (C=O) groups excluding carboxylic acids is 1. The zero-order valence-corrected chi connectivity index (χ0v) is 16.6. The maximum Gasteiger partial charge on any atom is 0.252 e. The van der Waals surface area contributed by atoms with E-state index in [0.29, 0.717) is 17.8 Å². The highest BCUT2D eigenvalue weighted by atomic mass is 19.1. The number of rotatable bonds is 8. The molecule has 1 aliphatic heterocycles. The van der Waals surface area contributed by atoms with Crippen LogP contribution in [-0.4, -0.2) is 59.1 Å². The first-order chi connectivity index (χ1) is 13.2. The van der Waals surface area contributed by atoms with Crippen molar-refractivity contribution in [2.24, 2.45) is 5.73 Å². The van der Waals surface area contributed by atoms with Crippen molar-refractivity contribution in [3.8, 4) is 0 Å². The molecule has 1 aromatic heterocycles. The van der Waals surface area contributed by atoms with Gasteiger partial charge in [0.25, 0.3) is 5.91 Å². The molecule has 5 N–H and O–H groups in total. The van der Waals surface area contributed by atoms with Crippen LogP contribution in [0, 0.1) is 0 Å². The number of hydrogen-bond donors (Lipinski definition) is 4. The van der Waals surface area contributed by atoms with Crippen molar-refractivity contribution in [2.75, 3.05) is 18.5 Å². The van der Waals surface area contributed by atoms with E-state index in [1.54, 1.807) is 12.3 Å². The lowest BCUT2D eigenvalue weighted by atomic mass is 9.90. The highest BCUT2D eigenvalue weighted by molar-refractivity contribution is 5.99. The SMILES string of the molecule is CC(C)(O)C(F)Cc1nccc(NC2CCC(NC3COC3)CC2)c1C(N)=O. The molecule has 0 bridgehead atoms. The summed E-state index contributed by atoms with van der Waals surface area (Å²) in [5.41, 5.74) is 5.13. The second-order valence-corrected chi connectivity index (χ2v) is 8.46. The summed E-state index contributed by atoms with van der Waals surface area (Å²) in [6, 6.07) is 2.90. The summed E-state index contributed by atoms with van der Waals surface area (Å²) in [6.45, 7) is 4.37. The number of aromatic nitrogens is 1. The van der Waals surface area contributed by atoms with Crippen LogP contribution in [0.1, 0.15) is 55.6 Å². The number of nitrogens with two attached hydrogens (primary N) is 1. The van der Waals surface area contributed by atoms with E-state index >= 15 is 0 Å². The lowest BCUT2D eigenvalue weighted by molar-refractivity contribution is -0.0120. The zero-order valence-electron chi connectivity index (χ0n) is 16.6. The van der Waals surface area contributed by atoms with Gasteiger partial charge in [0.05, 0.1) is 41.8 Å². The molecule has 3 rings (SSSR count). The third-order valence-corrected chi connectivity index (χ3v) is 5.61. The molecule has 8 heteroatoms. The summed E-state index contributed by atoms with van der Waals surface area (Å²) in [5, 5.41) is 16.9. The van der Waals surface area contributed by atoms with E-state index in [9.17, 15) is 14.3 Å². The molecule has 0 aromatic carbocycles. The fourth-order valence-corrected chi connectivity index (χ4v) is 3.76. The summed E-state index contributed by atoms with van der Waals surface area (Å²) < 4.78 is 19.5. The Morgan fingerprint density at radius 3 is 2.50 bits per heavy atom. The molecule has 1 unspecified atom stereocenters. The molecule has 2 aliphatic rings. The van der Waals surface area contributed by atoms with Gasteiger partial charge in [0.2, 0.25) is 0 Å². The predicted octanol–water partition coefficient (Wildman–Crippen LogP) is 1.54. The van der Waals surface area contributed by atoms with Crippen LogP contribution < -0.4 is 16.4 Å². The Labute approximate surface area is 165 Å². The molecule has 1 saturated heterocycles. The number of pyridine rings is 1. The maximum atomic E-state index is 14.3. The van der Waals surface area contributed by atoms with Gasteiger partial charge in [0.15, 0.2) is 0 Å². The lowest BCUT2D eigenvalue weighted by Crippen LogP contribution is -2.51. The van der Waals surface area contributed by atoms with Crippen LogP contribution in [0.25, 0.3) is 0 Å². The molecule has 1 amide bonds. The Morgan fingerprint density at radius 1 is 1.32 bits per heavy atom. The van der Waals surface area contributed by atoms with E-state index < -0.39 is 17.7 Å². The molecular formula is C20H31FN4O3. The quantitative estimate of drug-likeness (QED) is 0.533. The standard InChI is InChI=1S/C20H31FN4O3/c1-20(2,27)17(21)9-16-18(19(22)26)15(7-8-23-16)25-13-5-3-12(4-6-13)24-14-10-28-11-14/h7-8,12-14,17,24,27H,3-6,9-11H2,1-2H3,(H2,22,26)(H,23,25). The van der Waals surface area contributed by atoms with Crippen LogP contribution >= 0.6 is 0 Å². The van der Waals surface area contributed by atoms with Crippen LogP contribution in [0.4, 0.5) is 10.1 Å². The number of anilines is 1. The fourth-order valence-electron chi connectivity index (χ4n) is 3.76. The van der Waals surface area contributed by atoms with Crippen molar-refractivity contribution in [3.63, 3.8) is 0 Å². The minimum Gasteiger partial charge on any atom is -0.387 e. The van der Waals surface area contributed by atoms with E-state index in [1.165, 1.54) is 13.8 Å². The number of alkyl halides is 1. The molecule has 1 saturated carbocycles. The number of amides is 1. The summed E-state index contributed by atoms with van der Waals surface area (Å²) in [5.74, 6) is -0.645. The average Bonchev–Trinajstić information content (AvgIpc) is 2.58. The molecule has 1 aromatic rings. The van der Waals surface area contributed by atoms with Crippen molar-refractivity contribution in [3.05, 3.63) is 23.5 Å². The summed E-state index contributed by atoms with van der Waals surface area (Å²) >= 11 is 0. The molecule has 1 atom stereocenters. The van der Waals surface area contributed by atoms with Gasteiger partial charge in [-0.05, 0) is 45.6 Å². The molecule has 2 fully saturated rings. The molecule has 0 spiro atoms. The highest BCUT2D eigenvalue weighted by Crippen LogP contribution is 2.27. The van der Waals surface area contributed by atoms with E-state index in [4.69, 9.17) is 10.5 Å². The number of hydrogen-bond acceptors (Lipinski definition) is 6. The largest absolute Gasteiger partial charge is 0.387 e. The van der Waals surface area contributed by atoms with Gasteiger partial charge in [0, 0.05) is 24.7 Å². The van der Waals surface area contributed by atoms with Crippen LogP contribution in [0.3, 0.4) is 0 Å². The first-order valence-electron chi connectivity index (χ1n) is 9.98. The van der Waals surface area contributed by atoms with Gasteiger partial charge in [-0.25, -0.2) is 4.39 Å². The minimum absolute atomic E-state index is 0.169. The summed E-state index contributed by atoms with van der Waals surface area (Å²) in [4.78, 5) is 16.2. The third kappa shape index (κ3) is 5.18. The summed E-state index contributed by atoms with van der Waals surface area (Å²) in [6.07, 6.45) is 3.85. The first-order valence-corrected chi connectivity index (χ1v) is 9.98. The smallest absolute Gasteiger partial charge is 0.252 e. The van der Waals surface area contributed by atoms with Gasteiger partial charge >= 0.3 is 0 Å². The number of nitrogens with zero attached hydrogens (tertiary/aromatic N) is 1. The van der Waals surface area contributed by atoms with E-state index in [0.717, 1.165) is 38.9 Å². The van der Waals surface area contributed by atoms with Crippen molar-refractivity contribution in [2.45, 2.75) is 75.8 Å². The normalized spacial score (nSPS) is 24.4. The highest BCUT2D eigenvalue weighted by Gasteiger charge is 2.30. The second kappa shape index (κ2) is 8.71. The number of carbonyl (C=O) groups is 1. The molecule has 28 heavy (non-hydrogen) atoms.